The molecular weight excluding hydrogens is 254 g/mol. The summed E-state index contributed by atoms with van der Waals surface area (Å²) < 4.78 is 0. The molecule has 0 saturated heterocycles. The van der Waals surface area contributed by atoms with Crippen LogP contribution in [-0.2, 0) is 0 Å². The Morgan fingerprint density at radius 1 is 1.33 bits per heavy atom. The predicted molar refractivity (Wildman–Crippen MR) is 69.2 cm³/mol. The number of phenols is 2. The third-order valence-corrected chi connectivity index (χ3v) is 3.49. The molecule has 0 atom stereocenters. The summed E-state index contributed by atoms with van der Waals surface area (Å²) in [6, 6.07) is 4.38. The van der Waals surface area contributed by atoms with Crippen molar-refractivity contribution in [3.8, 4) is 11.5 Å². The van der Waals surface area contributed by atoms with E-state index in [0.29, 0.717) is 18.0 Å². The van der Waals surface area contributed by atoms with Crippen LogP contribution in [-0.4, -0.2) is 39.5 Å². The van der Waals surface area contributed by atoms with Crippen molar-refractivity contribution in [1.82, 2.24) is 4.90 Å². The largest absolute Gasteiger partial charge is 0.504 e. The summed E-state index contributed by atoms with van der Waals surface area (Å²) in [7, 11) is 0. The average molecular weight is 270 g/mol. The van der Waals surface area contributed by atoms with Gasteiger partial charge in [0.15, 0.2) is 11.5 Å². The first-order valence-electron chi connectivity index (χ1n) is 6.02. The quantitative estimate of drug-likeness (QED) is 0.651. The van der Waals surface area contributed by atoms with Crippen molar-refractivity contribution in [2.45, 2.75) is 25.3 Å². The van der Waals surface area contributed by atoms with Crippen LogP contribution in [0.3, 0.4) is 0 Å². The molecule has 1 amide bonds. The van der Waals surface area contributed by atoms with E-state index in [1.807, 2.05) is 0 Å². The zero-order valence-corrected chi connectivity index (χ0v) is 10.7. The Balaban J connectivity index is 2.18. The number of nitrogens with zero attached hydrogens (tertiary/aromatic N) is 1. The van der Waals surface area contributed by atoms with Gasteiger partial charge in [0.1, 0.15) is 0 Å². The van der Waals surface area contributed by atoms with E-state index in [2.05, 4.69) is 0 Å². The average Bonchev–Trinajstić information content (AvgIpc) is 2.29. The third-order valence-electron chi connectivity index (χ3n) is 3.32. The second-order valence-electron chi connectivity index (χ2n) is 4.48. The van der Waals surface area contributed by atoms with Crippen LogP contribution in [0.25, 0.3) is 0 Å². The number of hydrogen-bond donors (Lipinski definition) is 2. The standard InChI is InChI=1S/C13H16ClNO3/c14-6-7-15(10-2-1-3-10)13(18)9-4-5-11(16)12(17)8-9/h4-5,8,10,16-17H,1-3,6-7H2. The van der Waals surface area contributed by atoms with E-state index in [1.165, 1.54) is 18.2 Å². The molecule has 98 valence electrons. The fourth-order valence-electron chi connectivity index (χ4n) is 2.06. The molecule has 0 spiro atoms. The van der Waals surface area contributed by atoms with Gasteiger partial charge in [-0.15, -0.1) is 11.6 Å². The number of benzene rings is 1. The van der Waals surface area contributed by atoms with Crippen LogP contribution in [0.1, 0.15) is 29.6 Å². The van der Waals surface area contributed by atoms with Crippen molar-refractivity contribution in [2.24, 2.45) is 0 Å². The van der Waals surface area contributed by atoms with E-state index in [0.717, 1.165) is 19.3 Å². The highest BCUT2D eigenvalue weighted by Gasteiger charge is 2.29. The van der Waals surface area contributed by atoms with Crippen molar-refractivity contribution in [1.29, 1.82) is 0 Å². The molecule has 2 N–H and O–H groups in total. The summed E-state index contributed by atoms with van der Waals surface area (Å²) in [5, 5.41) is 18.7. The van der Waals surface area contributed by atoms with Gasteiger partial charge >= 0.3 is 0 Å². The maximum absolute atomic E-state index is 12.3. The first-order chi connectivity index (χ1) is 8.63. The topological polar surface area (TPSA) is 60.8 Å². The first-order valence-corrected chi connectivity index (χ1v) is 6.56. The molecule has 1 aromatic carbocycles. The van der Waals surface area contributed by atoms with E-state index < -0.39 is 0 Å². The number of carbonyl (C=O) groups is 1. The van der Waals surface area contributed by atoms with Gasteiger partial charge in [0.2, 0.25) is 0 Å². The van der Waals surface area contributed by atoms with Gasteiger partial charge in [0, 0.05) is 24.0 Å². The Kier molecular flexibility index (Phi) is 3.97. The molecule has 0 aromatic heterocycles. The number of halogens is 1. The molecule has 0 heterocycles. The molecule has 1 fully saturated rings. The molecular formula is C13H16ClNO3. The van der Waals surface area contributed by atoms with Crippen molar-refractivity contribution in [3.63, 3.8) is 0 Å². The number of alkyl halides is 1. The van der Waals surface area contributed by atoms with E-state index in [4.69, 9.17) is 11.6 Å². The second-order valence-corrected chi connectivity index (χ2v) is 4.85. The Hall–Kier alpha value is -1.42. The molecule has 1 aliphatic rings. The maximum Gasteiger partial charge on any atom is 0.254 e. The van der Waals surface area contributed by atoms with E-state index >= 15 is 0 Å². The SMILES string of the molecule is O=C(c1ccc(O)c(O)c1)N(CCCl)C1CCC1. The summed E-state index contributed by atoms with van der Waals surface area (Å²) in [4.78, 5) is 14.1. The highest BCUT2D eigenvalue weighted by Crippen LogP contribution is 2.29. The van der Waals surface area contributed by atoms with Crippen molar-refractivity contribution < 1.29 is 15.0 Å². The van der Waals surface area contributed by atoms with Crippen LogP contribution in [0.5, 0.6) is 11.5 Å². The zero-order valence-electron chi connectivity index (χ0n) is 9.97. The molecule has 0 bridgehead atoms. The highest BCUT2D eigenvalue weighted by atomic mass is 35.5. The van der Waals surface area contributed by atoms with Crippen molar-refractivity contribution in [3.05, 3.63) is 23.8 Å². The summed E-state index contributed by atoms with van der Waals surface area (Å²) in [5.74, 6) is -0.248. The Bertz CT molecular complexity index is 446. The third kappa shape index (κ3) is 2.53. The lowest BCUT2D eigenvalue weighted by Crippen LogP contribution is -2.45. The molecule has 1 saturated carbocycles. The summed E-state index contributed by atoms with van der Waals surface area (Å²) in [6.45, 7) is 0.507. The highest BCUT2D eigenvalue weighted by molar-refractivity contribution is 6.18. The minimum atomic E-state index is -0.278. The molecule has 0 radical (unpaired) electrons. The fourth-order valence-corrected chi connectivity index (χ4v) is 2.24. The Morgan fingerprint density at radius 2 is 2.06 bits per heavy atom. The van der Waals surface area contributed by atoms with Crippen LogP contribution in [0, 0.1) is 0 Å². The lowest BCUT2D eigenvalue weighted by Gasteiger charge is -2.37. The summed E-state index contributed by atoms with van der Waals surface area (Å²) >= 11 is 5.73. The van der Waals surface area contributed by atoms with Gasteiger partial charge in [-0.1, -0.05) is 0 Å². The monoisotopic (exact) mass is 269 g/mol. The number of amides is 1. The van der Waals surface area contributed by atoms with Gasteiger partial charge in [-0.2, -0.15) is 0 Å². The van der Waals surface area contributed by atoms with Crippen molar-refractivity contribution >= 4 is 17.5 Å². The molecule has 18 heavy (non-hydrogen) atoms. The first kappa shape index (κ1) is 13.0. The second kappa shape index (κ2) is 5.48. The lowest BCUT2D eigenvalue weighted by molar-refractivity contribution is 0.0597. The summed E-state index contributed by atoms with van der Waals surface area (Å²) in [5.41, 5.74) is 0.377. The van der Waals surface area contributed by atoms with E-state index in [-0.39, 0.29) is 23.4 Å². The number of phenolic OH excluding ortho intramolecular Hbond substituents is 2. The number of carbonyl (C=O) groups excluding carboxylic acids is 1. The number of aromatic hydroxyl groups is 2. The Morgan fingerprint density at radius 3 is 2.56 bits per heavy atom. The van der Waals surface area contributed by atoms with Crippen LogP contribution in [0.2, 0.25) is 0 Å². The summed E-state index contributed by atoms with van der Waals surface area (Å²) in [6.07, 6.45) is 3.15. The molecule has 4 nitrogen and oxygen atoms in total. The van der Waals surface area contributed by atoms with Gasteiger partial charge in [-0.3, -0.25) is 4.79 Å². The lowest BCUT2D eigenvalue weighted by atomic mass is 9.91. The fraction of sp³-hybridized carbons (Fsp3) is 0.462. The minimum Gasteiger partial charge on any atom is -0.504 e. The van der Waals surface area contributed by atoms with Gasteiger partial charge in [0.25, 0.3) is 5.91 Å². The van der Waals surface area contributed by atoms with Gasteiger partial charge < -0.3 is 15.1 Å². The van der Waals surface area contributed by atoms with E-state index in [1.54, 1.807) is 4.90 Å². The number of hydrogen-bond acceptors (Lipinski definition) is 3. The Labute approximate surface area is 111 Å². The number of rotatable bonds is 4. The zero-order chi connectivity index (χ0) is 13.1. The predicted octanol–water partition coefficient (Wildman–Crippen LogP) is 2.33. The van der Waals surface area contributed by atoms with Crippen LogP contribution in [0.15, 0.2) is 18.2 Å². The molecule has 5 heteroatoms. The van der Waals surface area contributed by atoms with E-state index in [9.17, 15) is 15.0 Å². The molecule has 1 aromatic rings. The minimum absolute atomic E-state index is 0.143. The van der Waals surface area contributed by atoms with Crippen LogP contribution < -0.4 is 0 Å². The molecule has 0 unspecified atom stereocenters. The van der Waals surface area contributed by atoms with Gasteiger partial charge in [0.05, 0.1) is 0 Å². The molecule has 1 aliphatic carbocycles. The molecule has 2 rings (SSSR count). The van der Waals surface area contributed by atoms with Gasteiger partial charge in [-0.25, -0.2) is 0 Å². The van der Waals surface area contributed by atoms with Gasteiger partial charge in [-0.05, 0) is 37.5 Å². The normalized spacial score (nSPS) is 15.2. The van der Waals surface area contributed by atoms with Crippen molar-refractivity contribution in [2.75, 3.05) is 12.4 Å². The smallest absolute Gasteiger partial charge is 0.254 e. The molecule has 0 aliphatic heterocycles. The van der Waals surface area contributed by atoms with Crippen LogP contribution >= 0.6 is 11.6 Å². The maximum atomic E-state index is 12.3. The van der Waals surface area contributed by atoms with Crippen LogP contribution in [0.4, 0.5) is 0 Å².